The summed E-state index contributed by atoms with van der Waals surface area (Å²) in [6.07, 6.45) is 0. The van der Waals surface area contributed by atoms with E-state index in [0.717, 1.165) is 0 Å². The maximum absolute atomic E-state index is 14.6. The van der Waals surface area contributed by atoms with Crippen molar-refractivity contribution in [1.29, 1.82) is 0 Å². The molecule has 0 amide bonds. The molecule has 206 valence electrons. The number of rotatable bonds is 5. The summed E-state index contributed by atoms with van der Waals surface area (Å²) in [4.78, 5) is 18.3. The van der Waals surface area contributed by atoms with Gasteiger partial charge in [0, 0.05) is 22.1 Å². The number of benzene rings is 3. The zero-order valence-corrected chi connectivity index (χ0v) is 20.6. The van der Waals surface area contributed by atoms with Gasteiger partial charge in [-0.1, -0.05) is 6.07 Å². The molecule has 1 aliphatic carbocycles. The molecular formula is C20H7F2O14S3-3. The van der Waals surface area contributed by atoms with Gasteiger partial charge in [-0.15, -0.1) is 0 Å². The Morgan fingerprint density at radius 1 is 0.821 bits per heavy atom. The summed E-state index contributed by atoms with van der Waals surface area (Å²) >= 11 is 0. The van der Waals surface area contributed by atoms with Crippen molar-refractivity contribution in [2.24, 2.45) is 0 Å². The highest BCUT2D eigenvalue weighted by atomic mass is 32.2. The molecule has 0 radical (unpaired) electrons. The zero-order chi connectivity index (χ0) is 29.4. The molecule has 0 saturated carbocycles. The lowest BCUT2D eigenvalue weighted by atomic mass is 9.92. The van der Waals surface area contributed by atoms with Gasteiger partial charge in [-0.25, -0.2) is 38.8 Å². The Morgan fingerprint density at radius 2 is 1.41 bits per heavy atom. The molecule has 19 heteroatoms. The third kappa shape index (κ3) is 4.60. The Morgan fingerprint density at radius 3 is 1.92 bits per heavy atom. The summed E-state index contributed by atoms with van der Waals surface area (Å²) in [5.41, 5.74) is -7.31. The molecule has 0 bridgehead atoms. The molecule has 0 aromatic heterocycles. The van der Waals surface area contributed by atoms with Gasteiger partial charge in [-0.05, 0) is 24.3 Å². The van der Waals surface area contributed by atoms with E-state index in [-0.39, 0.29) is 12.1 Å². The molecule has 0 fully saturated rings. The number of phenolic OH excluding ortho intramolecular Hbond substituents is 1. The van der Waals surface area contributed by atoms with Crippen molar-refractivity contribution >= 4 is 47.3 Å². The minimum absolute atomic E-state index is 0.174. The first-order valence-electron chi connectivity index (χ1n) is 9.65. The van der Waals surface area contributed by atoms with Gasteiger partial charge in [0.1, 0.15) is 40.1 Å². The van der Waals surface area contributed by atoms with Crippen LogP contribution in [0.3, 0.4) is 0 Å². The van der Waals surface area contributed by atoms with Gasteiger partial charge in [0.05, 0.1) is 10.5 Å². The van der Waals surface area contributed by atoms with Crippen molar-refractivity contribution < 1.29 is 67.1 Å². The van der Waals surface area contributed by atoms with E-state index in [9.17, 15) is 67.5 Å². The predicted molar refractivity (Wildman–Crippen MR) is 117 cm³/mol. The third-order valence-corrected chi connectivity index (χ3v) is 7.94. The summed E-state index contributed by atoms with van der Waals surface area (Å²) < 4.78 is 142. The van der Waals surface area contributed by atoms with Gasteiger partial charge in [0.25, 0.3) is 0 Å². The van der Waals surface area contributed by atoms with Crippen LogP contribution >= 0.6 is 0 Å². The lowest BCUT2D eigenvalue weighted by Crippen LogP contribution is -2.20. The molecule has 2 aromatic carbocycles. The highest BCUT2D eigenvalue weighted by Gasteiger charge is 2.32. The van der Waals surface area contributed by atoms with Crippen LogP contribution in [0.5, 0.6) is 5.75 Å². The number of halogens is 2. The fraction of sp³-hybridized carbons (Fsp3) is 0. The van der Waals surface area contributed by atoms with Crippen LogP contribution in [0.1, 0.15) is 10.4 Å². The molecule has 0 spiro atoms. The maximum atomic E-state index is 14.6. The number of phenols is 1. The van der Waals surface area contributed by atoms with E-state index in [4.69, 9.17) is 4.42 Å². The Labute approximate surface area is 215 Å². The molecule has 4 rings (SSSR count). The standard InChI is InChI=1S/C20H10F2O14S3/c21-10-4-8-13(7-2-1-6(20(25)26)3-12(7)37(27,28)29)9-5-11(22)15(24)19(39(33,34)35)17(9)36-16(8)18(14(10)23)38(30,31)32/h1-5,23H,(H,25,26)(H,27,28,29)(H,30,31,32)(H,33,34,35)/p-3. The molecule has 0 unspecified atom stereocenters. The SMILES string of the molecule is O=C(O)c1ccc(-c2c3cc(F)c(=O)c(S(=O)(=O)[O-])c-3oc3c(S(=O)(=O)[O-])c(O)c(F)cc23)c(S(=O)(=O)[O-])c1. The lowest BCUT2D eigenvalue weighted by molar-refractivity contribution is 0.0696. The van der Waals surface area contributed by atoms with Gasteiger partial charge < -0.3 is 28.3 Å². The van der Waals surface area contributed by atoms with E-state index in [2.05, 4.69) is 0 Å². The van der Waals surface area contributed by atoms with Crippen LogP contribution in [0.15, 0.2) is 54.2 Å². The monoisotopic (exact) mass is 605 g/mol. The fourth-order valence-corrected chi connectivity index (χ4v) is 5.96. The minimum atomic E-state index is -5.99. The topological polar surface area (TPSA) is 259 Å². The average Bonchev–Trinajstić information content (AvgIpc) is 2.77. The van der Waals surface area contributed by atoms with Crippen LogP contribution in [-0.4, -0.2) is 55.1 Å². The number of aromatic carboxylic acids is 1. The van der Waals surface area contributed by atoms with Crippen LogP contribution in [0.4, 0.5) is 8.78 Å². The van der Waals surface area contributed by atoms with E-state index < -0.39 is 113 Å². The first kappa shape index (κ1) is 28.0. The number of hydrogen-bond acceptors (Lipinski definition) is 13. The molecule has 14 nitrogen and oxygen atoms in total. The number of fused-ring (bicyclic) bond motifs is 2. The van der Waals surface area contributed by atoms with E-state index in [0.29, 0.717) is 18.2 Å². The molecular weight excluding hydrogens is 598 g/mol. The number of hydrogen-bond donors (Lipinski definition) is 2. The number of carboxylic acids is 1. The van der Waals surface area contributed by atoms with Crippen LogP contribution in [0.2, 0.25) is 0 Å². The van der Waals surface area contributed by atoms with Crippen molar-refractivity contribution in [2.45, 2.75) is 14.7 Å². The molecule has 1 heterocycles. The van der Waals surface area contributed by atoms with Crippen molar-refractivity contribution in [3.05, 3.63) is 57.8 Å². The zero-order valence-electron chi connectivity index (χ0n) is 18.2. The van der Waals surface area contributed by atoms with Gasteiger partial charge >= 0.3 is 5.97 Å². The van der Waals surface area contributed by atoms with Crippen LogP contribution in [0, 0.1) is 11.6 Å². The third-order valence-electron chi connectivity index (χ3n) is 5.32. The van der Waals surface area contributed by atoms with Crippen molar-refractivity contribution in [3.63, 3.8) is 0 Å². The summed E-state index contributed by atoms with van der Waals surface area (Å²) in [5, 5.41) is 18.1. The van der Waals surface area contributed by atoms with Gasteiger partial charge in [-0.3, -0.25) is 4.79 Å². The quantitative estimate of drug-likeness (QED) is 0.237. The predicted octanol–water partition coefficient (Wildman–Crippen LogP) is 0.959. The fourth-order valence-electron chi connectivity index (χ4n) is 3.83. The molecule has 2 aromatic rings. The largest absolute Gasteiger partial charge is 0.744 e. The van der Waals surface area contributed by atoms with Crippen molar-refractivity contribution in [3.8, 4) is 28.2 Å². The maximum Gasteiger partial charge on any atom is 0.335 e. The summed E-state index contributed by atoms with van der Waals surface area (Å²) in [6.45, 7) is 0. The highest BCUT2D eigenvalue weighted by molar-refractivity contribution is 7.86. The van der Waals surface area contributed by atoms with E-state index >= 15 is 0 Å². The second-order valence-corrected chi connectivity index (χ2v) is 11.6. The molecule has 2 aliphatic rings. The van der Waals surface area contributed by atoms with Gasteiger partial charge in [0.15, 0.2) is 28.7 Å². The Balaban J connectivity index is 2.48. The normalized spacial score (nSPS) is 12.7. The van der Waals surface area contributed by atoms with Crippen molar-refractivity contribution in [1.82, 2.24) is 0 Å². The van der Waals surface area contributed by atoms with Crippen LogP contribution in [-0.2, 0) is 30.4 Å². The van der Waals surface area contributed by atoms with Crippen LogP contribution in [0.25, 0.3) is 33.4 Å². The van der Waals surface area contributed by atoms with E-state index in [1.807, 2.05) is 0 Å². The number of carboxylic acid groups (broad SMARTS) is 1. The average molecular weight is 605 g/mol. The van der Waals surface area contributed by atoms with Gasteiger partial charge in [0.2, 0.25) is 5.43 Å². The lowest BCUT2D eigenvalue weighted by Gasteiger charge is -2.23. The Kier molecular flexibility index (Phi) is 6.29. The summed E-state index contributed by atoms with van der Waals surface area (Å²) in [6, 6.07) is 1.96. The molecule has 39 heavy (non-hydrogen) atoms. The summed E-state index contributed by atoms with van der Waals surface area (Å²) in [7, 11) is -17.6. The van der Waals surface area contributed by atoms with Crippen LogP contribution < -0.4 is 5.43 Å². The Bertz CT molecular complexity index is 2120. The number of carbonyl (C=O) groups is 1. The second kappa shape index (κ2) is 8.76. The Hall–Kier alpha value is -4.01. The van der Waals surface area contributed by atoms with Crippen molar-refractivity contribution in [2.75, 3.05) is 0 Å². The van der Waals surface area contributed by atoms with Gasteiger partial charge in [-0.2, -0.15) is 0 Å². The van der Waals surface area contributed by atoms with E-state index in [1.54, 1.807) is 0 Å². The second-order valence-electron chi connectivity index (χ2n) is 7.66. The van der Waals surface area contributed by atoms with E-state index in [1.165, 1.54) is 0 Å². The minimum Gasteiger partial charge on any atom is -0.744 e. The summed E-state index contributed by atoms with van der Waals surface area (Å²) in [5.74, 6) is -8.91. The molecule has 1 aliphatic heterocycles. The number of aromatic hydroxyl groups is 1. The first-order chi connectivity index (χ1) is 17.7. The first-order valence-corrected chi connectivity index (χ1v) is 13.9. The molecule has 0 atom stereocenters. The smallest absolute Gasteiger partial charge is 0.335 e. The highest BCUT2D eigenvalue weighted by Crippen LogP contribution is 2.47. The molecule has 2 N–H and O–H groups in total. The molecule has 0 saturated heterocycles.